The molecule has 1 fully saturated rings. The van der Waals surface area contributed by atoms with Crippen molar-refractivity contribution in [3.05, 3.63) is 66.2 Å². The molecule has 0 bridgehead atoms. The fourth-order valence-corrected chi connectivity index (χ4v) is 7.50. The van der Waals surface area contributed by atoms with E-state index in [4.69, 9.17) is 0 Å². The van der Waals surface area contributed by atoms with Gasteiger partial charge in [-0.3, -0.25) is 0 Å². The first-order chi connectivity index (χ1) is 10.5. The summed E-state index contributed by atoms with van der Waals surface area (Å²) in [6.07, 6.45) is 1.20. The van der Waals surface area contributed by atoms with Crippen molar-refractivity contribution in [2.75, 3.05) is 6.61 Å². The van der Waals surface area contributed by atoms with E-state index in [2.05, 4.69) is 80.7 Å². The summed E-state index contributed by atoms with van der Waals surface area (Å²) >= 11 is 0. The van der Waals surface area contributed by atoms with Crippen LogP contribution >= 0.6 is 0 Å². The van der Waals surface area contributed by atoms with Crippen LogP contribution in [0.2, 0.25) is 18.6 Å². The largest absolute Gasteiger partial charge is 0.396 e. The summed E-state index contributed by atoms with van der Waals surface area (Å²) in [4.78, 5) is 0. The van der Waals surface area contributed by atoms with Crippen LogP contribution in [-0.2, 0) is 5.41 Å². The highest BCUT2D eigenvalue weighted by Crippen LogP contribution is 2.61. The van der Waals surface area contributed by atoms with Crippen molar-refractivity contribution in [3.8, 4) is 0 Å². The lowest BCUT2D eigenvalue weighted by Crippen LogP contribution is -2.48. The molecule has 0 radical (unpaired) electrons. The minimum absolute atomic E-state index is 0.244. The summed E-state index contributed by atoms with van der Waals surface area (Å²) in [5.41, 5.74) is 2.09. The van der Waals surface area contributed by atoms with Gasteiger partial charge in [-0.05, 0) is 28.9 Å². The third-order valence-electron chi connectivity index (χ3n) is 5.86. The van der Waals surface area contributed by atoms with Gasteiger partial charge in [-0.1, -0.05) is 85.9 Å². The zero-order chi connectivity index (χ0) is 15.8. The molecule has 1 N–H and O–H groups in total. The minimum atomic E-state index is -1.68. The maximum Gasteiger partial charge on any atom is 0.0862 e. The van der Waals surface area contributed by atoms with Gasteiger partial charge in [0.05, 0.1) is 8.07 Å². The van der Waals surface area contributed by atoms with Crippen LogP contribution in [0.15, 0.2) is 60.7 Å². The Morgan fingerprint density at radius 2 is 1.59 bits per heavy atom. The van der Waals surface area contributed by atoms with Crippen LogP contribution in [0.4, 0.5) is 0 Å². The molecular formula is C20H26OSi. The molecule has 1 saturated carbocycles. The van der Waals surface area contributed by atoms with Gasteiger partial charge < -0.3 is 5.11 Å². The molecule has 22 heavy (non-hydrogen) atoms. The summed E-state index contributed by atoms with van der Waals surface area (Å²) in [6, 6.07) is 21.6. The second-order valence-corrected chi connectivity index (χ2v) is 12.2. The van der Waals surface area contributed by atoms with Crippen molar-refractivity contribution in [3.63, 3.8) is 0 Å². The number of benzene rings is 2. The molecule has 1 aliphatic rings. The molecule has 0 saturated heterocycles. The van der Waals surface area contributed by atoms with E-state index < -0.39 is 8.07 Å². The van der Waals surface area contributed by atoms with Crippen molar-refractivity contribution >= 4 is 13.3 Å². The highest BCUT2D eigenvalue weighted by atomic mass is 28.3. The lowest BCUT2D eigenvalue weighted by Gasteiger charge is -2.33. The number of aliphatic hydroxyl groups is 1. The first kappa shape index (κ1) is 15.5. The smallest absolute Gasteiger partial charge is 0.0862 e. The zero-order valence-electron chi connectivity index (χ0n) is 13.8. The Hall–Kier alpha value is -1.38. The van der Waals surface area contributed by atoms with Crippen molar-refractivity contribution in [1.82, 2.24) is 0 Å². The molecule has 0 amide bonds. The van der Waals surface area contributed by atoms with Crippen molar-refractivity contribution < 1.29 is 5.11 Å². The van der Waals surface area contributed by atoms with Gasteiger partial charge in [-0.25, -0.2) is 0 Å². The van der Waals surface area contributed by atoms with Crippen LogP contribution in [0.5, 0.6) is 0 Å². The molecule has 2 heteroatoms. The normalized spacial score (nSPS) is 25.7. The zero-order valence-corrected chi connectivity index (χ0v) is 14.8. The standard InChI is InChI=1S/C20H26OSi/c1-20(16-10-6-4-7-11-16)14-18(20)19(15-21)22(2,3)17-12-8-5-9-13-17/h4-13,18-19,21H,14-15H2,1-3H3/t18-,19-,20-/m0/s1. The number of rotatable bonds is 5. The Labute approximate surface area is 135 Å². The molecule has 1 aliphatic carbocycles. The molecule has 2 aromatic carbocycles. The van der Waals surface area contributed by atoms with Gasteiger partial charge in [-0.15, -0.1) is 0 Å². The van der Waals surface area contributed by atoms with E-state index in [-0.39, 0.29) is 5.41 Å². The SMILES string of the molecule is C[C@@]1(c2ccccc2)C[C@H]1[C@H](CO)[Si](C)(C)c1ccccc1. The van der Waals surface area contributed by atoms with E-state index in [0.29, 0.717) is 18.1 Å². The van der Waals surface area contributed by atoms with E-state index in [1.807, 2.05) is 0 Å². The average Bonchev–Trinajstić information content (AvgIpc) is 3.22. The van der Waals surface area contributed by atoms with Gasteiger partial charge in [0.15, 0.2) is 0 Å². The van der Waals surface area contributed by atoms with Gasteiger partial charge in [-0.2, -0.15) is 0 Å². The summed E-state index contributed by atoms with van der Waals surface area (Å²) in [5.74, 6) is 0.599. The summed E-state index contributed by atoms with van der Waals surface area (Å²) in [6.45, 7) is 7.49. The Balaban J connectivity index is 1.88. The highest BCUT2D eigenvalue weighted by molar-refractivity contribution is 6.91. The summed E-state index contributed by atoms with van der Waals surface area (Å²) < 4.78 is 0. The fourth-order valence-electron chi connectivity index (χ4n) is 4.08. The molecule has 0 spiro atoms. The Bertz CT molecular complexity index is 623. The lowest BCUT2D eigenvalue weighted by atomic mass is 9.94. The predicted octanol–water partition coefficient (Wildman–Crippen LogP) is 3.94. The molecule has 1 nitrogen and oxygen atoms in total. The lowest BCUT2D eigenvalue weighted by molar-refractivity contribution is 0.272. The van der Waals surface area contributed by atoms with Gasteiger partial charge in [0.2, 0.25) is 0 Å². The molecular weight excluding hydrogens is 284 g/mol. The van der Waals surface area contributed by atoms with Gasteiger partial charge in [0, 0.05) is 6.61 Å². The van der Waals surface area contributed by atoms with E-state index in [0.717, 1.165) is 0 Å². The number of aliphatic hydroxyl groups excluding tert-OH is 1. The number of hydrogen-bond acceptors (Lipinski definition) is 1. The first-order valence-electron chi connectivity index (χ1n) is 8.22. The molecule has 0 unspecified atom stereocenters. The van der Waals surface area contributed by atoms with Gasteiger partial charge in [0.1, 0.15) is 0 Å². The van der Waals surface area contributed by atoms with E-state index >= 15 is 0 Å². The Morgan fingerprint density at radius 1 is 1.05 bits per heavy atom. The molecule has 0 aliphatic heterocycles. The van der Waals surface area contributed by atoms with Crippen LogP contribution in [-0.4, -0.2) is 19.8 Å². The maximum absolute atomic E-state index is 10.1. The first-order valence-corrected chi connectivity index (χ1v) is 11.3. The monoisotopic (exact) mass is 310 g/mol. The molecule has 0 heterocycles. The summed E-state index contributed by atoms with van der Waals surface area (Å²) in [7, 11) is -1.68. The quantitative estimate of drug-likeness (QED) is 0.829. The highest BCUT2D eigenvalue weighted by Gasteiger charge is 2.58. The molecule has 3 rings (SSSR count). The molecule has 116 valence electrons. The van der Waals surface area contributed by atoms with E-state index in [9.17, 15) is 5.11 Å². The van der Waals surface area contributed by atoms with Gasteiger partial charge >= 0.3 is 0 Å². The fraction of sp³-hybridized carbons (Fsp3) is 0.400. The third kappa shape index (κ3) is 2.55. The van der Waals surface area contributed by atoms with Crippen LogP contribution in [0.25, 0.3) is 0 Å². The van der Waals surface area contributed by atoms with Crippen molar-refractivity contribution in [2.45, 2.75) is 37.4 Å². The minimum Gasteiger partial charge on any atom is -0.396 e. The number of hydrogen-bond donors (Lipinski definition) is 1. The summed E-state index contributed by atoms with van der Waals surface area (Å²) in [5, 5.41) is 11.6. The molecule has 0 aromatic heterocycles. The maximum atomic E-state index is 10.1. The van der Waals surface area contributed by atoms with Crippen LogP contribution in [0.3, 0.4) is 0 Å². The predicted molar refractivity (Wildman–Crippen MR) is 96.3 cm³/mol. The van der Waals surface area contributed by atoms with Crippen LogP contribution in [0.1, 0.15) is 18.9 Å². The van der Waals surface area contributed by atoms with Crippen molar-refractivity contribution in [1.29, 1.82) is 0 Å². The van der Waals surface area contributed by atoms with E-state index in [1.54, 1.807) is 0 Å². The second-order valence-electron chi connectivity index (χ2n) is 7.47. The van der Waals surface area contributed by atoms with Gasteiger partial charge in [0.25, 0.3) is 0 Å². The average molecular weight is 311 g/mol. The van der Waals surface area contributed by atoms with Crippen molar-refractivity contribution in [2.24, 2.45) is 5.92 Å². The van der Waals surface area contributed by atoms with Crippen LogP contribution < -0.4 is 5.19 Å². The Kier molecular flexibility index (Phi) is 4.00. The topological polar surface area (TPSA) is 20.2 Å². The second kappa shape index (κ2) is 5.67. The van der Waals surface area contributed by atoms with E-state index in [1.165, 1.54) is 17.2 Å². The molecule has 2 aromatic rings. The molecule has 3 atom stereocenters. The third-order valence-corrected chi connectivity index (χ3v) is 10.1. The van der Waals surface area contributed by atoms with Crippen LogP contribution in [0, 0.1) is 5.92 Å². The Morgan fingerprint density at radius 3 is 2.14 bits per heavy atom.